The van der Waals surface area contributed by atoms with Crippen LogP contribution in [0.2, 0.25) is 0 Å². The van der Waals surface area contributed by atoms with Gasteiger partial charge in [-0.25, -0.2) is 4.79 Å². The Morgan fingerprint density at radius 2 is 2.20 bits per heavy atom. The van der Waals surface area contributed by atoms with Crippen LogP contribution in [0.1, 0.15) is 24.3 Å². The number of hydrogen-bond donors (Lipinski definition) is 3. The summed E-state index contributed by atoms with van der Waals surface area (Å²) in [7, 11) is 0. The van der Waals surface area contributed by atoms with Crippen molar-refractivity contribution in [1.29, 1.82) is 0 Å². The van der Waals surface area contributed by atoms with Crippen molar-refractivity contribution in [3.63, 3.8) is 0 Å². The molecule has 0 radical (unpaired) electrons. The van der Waals surface area contributed by atoms with E-state index in [2.05, 4.69) is 10.3 Å². The van der Waals surface area contributed by atoms with Crippen molar-refractivity contribution in [3.8, 4) is 0 Å². The number of H-pyrrole nitrogens is 1. The van der Waals surface area contributed by atoms with Gasteiger partial charge < -0.3 is 15.4 Å². The highest BCUT2D eigenvalue weighted by Gasteiger charge is 2.36. The second-order valence-corrected chi connectivity index (χ2v) is 5.43. The smallest absolute Gasteiger partial charge is 0.352 e. The van der Waals surface area contributed by atoms with Gasteiger partial charge in [-0.1, -0.05) is 11.8 Å². The van der Waals surface area contributed by atoms with Gasteiger partial charge in [-0.3, -0.25) is 4.79 Å². The number of hydrogen-bond acceptors (Lipinski definition) is 3. The fourth-order valence-corrected chi connectivity index (χ4v) is 2.33. The minimum Gasteiger partial charge on any atom is -0.477 e. The highest BCUT2D eigenvalue weighted by Crippen LogP contribution is 2.41. The maximum Gasteiger partial charge on any atom is 0.352 e. The topological polar surface area (TPSA) is 82.2 Å². The third kappa shape index (κ3) is 1.61. The van der Waals surface area contributed by atoms with Gasteiger partial charge in [0.25, 0.3) is 0 Å². The van der Waals surface area contributed by atoms with E-state index in [1.807, 2.05) is 0 Å². The summed E-state index contributed by atoms with van der Waals surface area (Å²) >= 11 is 1.33. The van der Waals surface area contributed by atoms with Crippen LogP contribution in [0.3, 0.4) is 0 Å². The van der Waals surface area contributed by atoms with Crippen LogP contribution in [0.15, 0.2) is 11.1 Å². The summed E-state index contributed by atoms with van der Waals surface area (Å²) in [5.74, 6) is -1.15. The van der Waals surface area contributed by atoms with Crippen molar-refractivity contribution < 1.29 is 14.7 Å². The number of nitrogens with one attached hydrogen (secondary N) is 2. The van der Waals surface area contributed by atoms with Gasteiger partial charge in [0.05, 0.1) is 15.5 Å². The molecule has 0 spiro atoms. The molecule has 15 heavy (non-hydrogen) atoms. The Balaban J connectivity index is 2.42. The normalized spacial score (nSPS) is 18.1. The third-order valence-corrected chi connectivity index (χ3v) is 3.39. The number of carboxylic acids is 1. The molecule has 1 amide bonds. The third-order valence-electron chi connectivity index (χ3n) is 2.16. The quantitative estimate of drug-likeness (QED) is 0.678. The van der Waals surface area contributed by atoms with E-state index in [1.165, 1.54) is 17.8 Å². The number of fused-ring (bicyclic) bond motifs is 1. The van der Waals surface area contributed by atoms with Crippen molar-refractivity contribution in [3.05, 3.63) is 11.8 Å². The molecule has 0 fully saturated rings. The standard InChI is InChI=1S/C9H10N2O3S/c1-9(2)8(14)11-4-3-5(7(12)13)10-6(4)15-9/h3,10H,1-2H3,(H,11,14)(H,12,13). The molecule has 1 aliphatic heterocycles. The highest BCUT2D eigenvalue weighted by molar-refractivity contribution is 8.01. The summed E-state index contributed by atoms with van der Waals surface area (Å²) in [5, 5.41) is 12.1. The Labute approximate surface area is 90.2 Å². The van der Waals surface area contributed by atoms with E-state index in [0.717, 1.165) is 0 Å². The maximum atomic E-state index is 11.6. The Hall–Kier alpha value is -1.43. The van der Waals surface area contributed by atoms with Crippen LogP contribution in [0.25, 0.3) is 0 Å². The molecule has 2 rings (SSSR count). The van der Waals surface area contributed by atoms with E-state index in [-0.39, 0.29) is 11.6 Å². The average molecular weight is 226 g/mol. The molecule has 1 aromatic heterocycles. The molecule has 1 aromatic rings. The molecule has 80 valence electrons. The van der Waals surface area contributed by atoms with E-state index in [9.17, 15) is 9.59 Å². The molecule has 0 saturated heterocycles. The van der Waals surface area contributed by atoms with Crippen LogP contribution < -0.4 is 5.32 Å². The monoisotopic (exact) mass is 226 g/mol. The second kappa shape index (κ2) is 3.03. The van der Waals surface area contributed by atoms with E-state index < -0.39 is 10.7 Å². The molecule has 0 atom stereocenters. The minimum atomic E-state index is -1.03. The summed E-state index contributed by atoms with van der Waals surface area (Å²) in [4.78, 5) is 25.0. The van der Waals surface area contributed by atoms with Crippen LogP contribution >= 0.6 is 11.8 Å². The molecule has 3 N–H and O–H groups in total. The Bertz CT molecular complexity index is 450. The Morgan fingerprint density at radius 3 is 2.80 bits per heavy atom. The number of carbonyl (C=O) groups is 2. The molecule has 5 nitrogen and oxygen atoms in total. The van der Waals surface area contributed by atoms with Gasteiger partial charge in [-0.15, -0.1) is 0 Å². The van der Waals surface area contributed by atoms with Crippen molar-refractivity contribution in [2.75, 3.05) is 5.32 Å². The molecule has 2 heterocycles. The number of anilines is 1. The number of aromatic carboxylic acids is 1. The van der Waals surface area contributed by atoms with Gasteiger partial charge in [0.2, 0.25) is 5.91 Å². The zero-order valence-electron chi connectivity index (χ0n) is 8.25. The maximum absolute atomic E-state index is 11.6. The fraction of sp³-hybridized carbons (Fsp3) is 0.333. The van der Waals surface area contributed by atoms with E-state index in [1.54, 1.807) is 13.8 Å². The minimum absolute atomic E-state index is 0.0884. The lowest BCUT2D eigenvalue weighted by atomic mass is 10.2. The van der Waals surface area contributed by atoms with E-state index >= 15 is 0 Å². The van der Waals surface area contributed by atoms with Crippen molar-refractivity contribution in [2.24, 2.45) is 0 Å². The highest BCUT2D eigenvalue weighted by atomic mass is 32.2. The van der Waals surface area contributed by atoms with Crippen LogP contribution in [-0.2, 0) is 4.79 Å². The molecule has 0 aromatic carbocycles. The van der Waals surface area contributed by atoms with Crippen LogP contribution in [0, 0.1) is 0 Å². The lowest BCUT2D eigenvalue weighted by molar-refractivity contribution is -0.117. The van der Waals surface area contributed by atoms with Crippen molar-refractivity contribution in [2.45, 2.75) is 23.6 Å². The van der Waals surface area contributed by atoms with Crippen molar-refractivity contribution in [1.82, 2.24) is 4.98 Å². The molecule has 0 saturated carbocycles. The number of carbonyl (C=O) groups excluding carboxylic acids is 1. The number of aromatic nitrogens is 1. The summed E-state index contributed by atoms with van der Waals surface area (Å²) < 4.78 is -0.576. The summed E-state index contributed by atoms with van der Waals surface area (Å²) in [6.07, 6.45) is 0. The van der Waals surface area contributed by atoms with Gasteiger partial charge >= 0.3 is 5.97 Å². The van der Waals surface area contributed by atoms with Crippen LogP contribution in [-0.4, -0.2) is 26.7 Å². The predicted octanol–water partition coefficient (Wildman–Crippen LogP) is 1.54. The first-order valence-corrected chi connectivity index (χ1v) is 5.18. The van der Waals surface area contributed by atoms with Crippen LogP contribution in [0.4, 0.5) is 5.69 Å². The zero-order valence-corrected chi connectivity index (χ0v) is 9.07. The van der Waals surface area contributed by atoms with Crippen LogP contribution in [0.5, 0.6) is 0 Å². The van der Waals surface area contributed by atoms with Gasteiger partial charge in [0.1, 0.15) is 5.69 Å². The van der Waals surface area contributed by atoms with Gasteiger partial charge in [-0.2, -0.15) is 0 Å². The molecular weight excluding hydrogens is 216 g/mol. The first-order chi connectivity index (χ1) is 6.90. The fourth-order valence-electron chi connectivity index (χ4n) is 1.30. The Kier molecular flexibility index (Phi) is 2.04. The van der Waals surface area contributed by atoms with Gasteiger partial charge in [0.15, 0.2) is 0 Å². The Morgan fingerprint density at radius 1 is 1.53 bits per heavy atom. The summed E-state index contributed by atoms with van der Waals surface area (Å²) in [5.41, 5.74) is 0.632. The van der Waals surface area contributed by atoms with Gasteiger partial charge in [0, 0.05) is 0 Å². The first kappa shape index (κ1) is 10.1. The van der Waals surface area contributed by atoms with Gasteiger partial charge in [-0.05, 0) is 19.9 Å². The number of thioether (sulfide) groups is 1. The lowest BCUT2D eigenvalue weighted by Gasteiger charge is -2.27. The molecular formula is C9H10N2O3S. The zero-order chi connectivity index (χ0) is 11.2. The first-order valence-electron chi connectivity index (χ1n) is 4.37. The number of rotatable bonds is 1. The summed E-state index contributed by atoms with van der Waals surface area (Å²) in [6, 6.07) is 1.43. The molecule has 0 aliphatic carbocycles. The molecule has 1 aliphatic rings. The lowest BCUT2D eigenvalue weighted by Crippen LogP contribution is -2.36. The van der Waals surface area contributed by atoms with E-state index in [0.29, 0.717) is 10.7 Å². The number of carboxylic acid groups (broad SMARTS) is 1. The average Bonchev–Trinajstić information content (AvgIpc) is 2.47. The molecule has 0 bridgehead atoms. The number of aromatic amines is 1. The SMILES string of the molecule is CC1(C)Sc2[nH]c(C(=O)O)cc2NC1=O. The van der Waals surface area contributed by atoms with E-state index in [4.69, 9.17) is 5.11 Å². The summed E-state index contributed by atoms with van der Waals surface area (Å²) in [6.45, 7) is 3.58. The van der Waals surface area contributed by atoms with Crippen molar-refractivity contribution >= 4 is 29.3 Å². The largest absolute Gasteiger partial charge is 0.477 e. The predicted molar refractivity (Wildman–Crippen MR) is 56.3 cm³/mol. The number of amides is 1. The molecule has 6 heteroatoms. The molecule has 0 unspecified atom stereocenters. The second-order valence-electron chi connectivity index (χ2n) is 3.80.